The maximum atomic E-state index is 5.39. The normalized spacial score (nSPS) is 35.3. The van der Waals surface area contributed by atoms with E-state index in [0.717, 1.165) is 121 Å². The minimum atomic E-state index is 0. The van der Waals surface area contributed by atoms with Crippen LogP contribution in [0.15, 0.2) is 23.3 Å². The molecule has 0 N–H and O–H groups in total. The molecule has 0 spiro atoms. The van der Waals surface area contributed by atoms with Crippen LogP contribution in [0.2, 0.25) is 0 Å². The summed E-state index contributed by atoms with van der Waals surface area (Å²) in [7, 11) is 0. The topological polar surface area (TPSA) is 64.6 Å². The highest BCUT2D eigenvalue weighted by molar-refractivity contribution is 8.17. The fraction of sp³-hybridized carbons (Fsp3) is 0.948. The van der Waals surface area contributed by atoms with Gasteiger partial charge in [0.2, 0.25) is 0 Å². The SMILES string of the molecule is CC(C)CCC(C)C.CC1=CCC(C)CC1.CC1=CCC(C)CC1.CC1CCC(C)CC1.CC1CCC(C)OC1.CC1CCC(C)OC1.CC1CCC(C)SC1.CC1COC(C)OC1.CC1COC(C)OC1.CC1COC(C)SC1.CC1CSC(C)SC1.[HH]. The predicted octanol–water partition coefficient (Wildman–Crippen LogP) is 24.1. The lowest BCUT2D eigenvalue weighted by atomic mass is 9.84. The molecule has 7 aliphatic heterocycles. The van der Waals surface area contributed by atoms with Crippen molar-refractivity contribution in [2.75, 3.05) is 69.3 Å². The molecule has 3 aliphatic carbocycles. The third kappa shape index (κ3) is 56.9. The Hall–Kier alpha value is 0.600. The molecular formula is C77H154O7S4. The molecule has 0 aromatic heterocycles. The van der Waals surface area contributed by atoms with E-state index in [2.05, 4.69) is 200 Å². The van der Waals surface area contributed by atoms with E-state index in [9.17, 15) is 0 Å². The second-order valence-corrected chi connectivity index (χ2v) is 36.3. The van der Waals surface area contributed by atoms with Crippen LogP contribution in [0.3, 0.4) is 0 Å². The van der Waals surface area contributed by atoms with Crippen LogP contribution in [-0.4, -0.2) is 109 Å². The van der Waals surface area contributed by atoms with Crippen LogP contribution in [0.4, 0.5) is 0 Å². The van der Waals surface area contributed by atoms with Gasteiger partial charge in [-0.3, -0.25) is 0 Å². The van der Waals surface area contributed by atoms with Crippen LogP contribution in [0.5, 0.6) is 0 Å². The highest BCUT2D eigenvalue weighted by Gasteiger charge is 2.19. The van der Waals surface area contributed by atoms with E-state index in [1.54, 1.807) is 11.1 Å². The summed E-state index contributed by atoms with van der Waals surface area (Å²) in [5, 5.41) is 0.936. The maximum absolute atomic E-state index is 5.39. The number of allylic oxidation sites excluding steroid dienone is 4. The van der Waals surface area contributed by atoms with Crippen molar-refractivity contribution >= 4 is 47.0 Å². The van der Waals surface area contributed by atoms with E-state index < -0.39 is 0 Å². The van der Waals surface area contributed by atoms with Gasteiger partial charge < -0.3 is 33.2 Å². The molecule has 10 atom stereocenters. The van der Waals surface area contributed by atoms with Gasteiger partial charge in [-0.25, -0.2) is 0 Å². The van der Waals surface area contributed by atoms with Gasteiger partial charge >= 0.3 is 0 Å². The zero-order chi connectivity index (χ0) is 66.4. The van der Waals surface area contributed by atoms with Gasteiger partial charge in [-0.2, -0.15) is 11.8 Å². The first kappa shape index (κ1) is 88.6. The van der Waals surface area contributed by atoms with Gasteiger partial charge in [-0.05, 0) is 215 Å². The van der Waals surface area contributed by atoms with Gasteiger partial charge in [-0.1, -0.05) is 173 Å². The van der Waals surface area contributed by atoms with Crippen LogP contribution in [0.25, 0.3) is 0 Å². The van der Waals surface area contributed by atoms with Crippen molar-refractivity contribution in [1.29, 1.82) is 0 Å². The van der Waals surface area contributed by atoms with E-state index >= 15 is 0 Å². The molecular weight excluding hydrogens is 1170 g/mol. The molecule has 0 aromatic rings. The zero-order valence-electron chi connectivity index (χ0n) is 62.7. The fourth-order valence-electron chi connectivity index (χ4n) is 10.1. The standard InChI is InChI=1S/C8H16.2C8H14.C8H18.2C7H14O.C7H14S.2C6H12O2.C6H12OS.C6H12S2.H2/c3*1-7-3-5-8(2)6-4-7;1-7(2)5-6-8(3)4;3*1-6-3-4-7(2)8-5-6;4*1-5-3-7-6(2)8-4-5;/h7-8H,3-6H2,1-2H3;2*3,8H,4-6H2,1-2H3;7-8H,5-6H2,1-4H3;3*6-7H,3-5H2,1-2H3;4*5-6H,3-4H2,1-2H3;1H. The molecule has 88 heavy (non-hydrogen) atoms. The van der Waals surface area contributed by atoms with Gasteiger partial charge in [-0.15, -0.1) is 35.3 Å². The van der Waals surface area contributed by atoms with Crippen LogP contribution >= 0.6 is 47.0 Å². The summed E-state index contributed by atoms with van der Waals surface area (Å²) in [6, 6.07) is 0. The molecule has 7 saturated heterocycles. The van der Waals surface area contributed by atoms with E-state index in [4.69, 9.17) is 33.2 Å². The Labute approximate surface area is 569 Å². The largest absolute Gasteiger partial charge is 0.378 e. The molecule has 0 amide bonds. The van der Waals surface area contributed by atoms with Crippen LogP contribution in [0, 0.1) is 76.9 Å². The third-order valence-corrected chi connectivity index (χ3v) is 23.8. The lowest BCUT2D eigenvalue weighted by molar-refractivity contribution is -0.187. The maximum Gasteiger partial charge on any atom is 0.154 e. The number of ether oxygens (including phenoxy) is 7. The van der Waals surface area contributed by atoms with Crippen molar-refractivity contribution in [2.45, 2.75) is 322 Å². The highest BCUT2D eigenvalue weighted by atomic mass is 32.2. The first-order valence-corrected chi connectivity index (χ1v) is 40.8. The smallest absolute Gasteiger partial charge is 0.154 e. The summed E-state index contributed by atoms with van der Waals surface area (Å²) in [5.41, 5.74) is 3.61. The van der Waals surface area contributed by atoms with E-state index in [0.29, 0.717) is 29.5 Å². The van der Waals surface area contributed by atoms with Crippen LogP contribution in [-0.2, 0) is 33.2 Å². The van der Waals surface area contributed by atoms with E-state index in [1.165, 1.54) is 139 Å². The van der Waals surface area contributed by atoms with E-state index in [-0.39, 0.29) is 14.0 Å². The summed E-state index contributed by atoms with van der Waals surface area (Å²) < 4.78 is 37.7. The van der Waals surface area contributed by atoms with Crippen molar-refractivity contribution in [3.8, 4) is 0 Å². The molecule has 10 aliphatic rings. The van der Waals surface area contributed by atoms with Crippen molar-refractivity contribution in [2.24, 2.45) is 76.9 Å². The Bertz CT molecular complexity index is 1220. The van der Waals surface area contributed by atoms with Gasteiger partial charge in [0.15, 0.2) is 12.6 Å². The number of thioether (sulfide) groups is 4. The number of hydrogen-bond donors (Lipinski definition) is 0. The summed E-state index contributed by atoms with van der Waals surface area (Å²) in [4.78, 5) is 0. The minimum absolute atomic E-state index is 0. The summed E-state index contributed by atoms with van der Waals surface area (Å²) >= 11 is 8.21. The van der Waals surface area contributed by atoms with E-state index in [1.807, 2.05) is 25.6 Å². The molecule has 7 nitrogen and oxygen atoms in total. The monoisotopic (exact) mass is 1320 g/mol. The molecule has 0 radical (unpaired) electrons. The molecule has 528 valence electrons. The number of hydrogen-bond acceptors (Lipinski definition) is 11. The van der Waals surface area contributed by atoms with Crippen molar-refractivity contribution in [1.82, 2.24) is 0 Å². The van der Waals surface area contributed by atoms with Crippen molar-refractivity contribution in [3.05, 3.63) is 23.3 Å². The Balaban J connectivity index is 0. The molecule has 0 bridgehead atoms. The Morgan fingerprint density at radius 1 is 0.341 bits per heavy atom. The third-order valence-electron chi connectivity index (χ3n) is 17.5. The molecule has 8 fully saturated rings. The molecule has 1 saturated carbocycles. The quantitative estimate of drug-likeness (QED) is 0.254. The lowest BCUT2D eigenvalue weighted by Crippen LogP contribution is -2.27. The fourth-order valence-corrected chi connectivity index (χ4v) is 14.5. The lowest BCUT2D eigenvalue weighted by Gasteiger charge is -2.24. The van der Waals surface area contributed by atoms with Gasteiger partial charge in [0.25, 0.3) is 0 Å². The average Bonchev–Trinajstić information content (AvgIpc) is 3.51. The average molecular weight is 1320 g/mol. The summed E-state index contributed by atoms with van der Waals surface area (Å²) in [6.07, 6.45) is 30.7. The second kappa shape index (κ2) is 55.7. The van der Waals surface area contributed by atoms with Gasteiger partial charge in [0.05, 0.1) is 50.7 Å². The summed E-state index contributed by atoms with van der Waals surface area (Å²) in [5.74, 6) is 16.5. The highest BCUT2D eigenvalue weighted by Crippen LogP contribution is 2.33. The zero-order valence-corrected chi connectivity index (χ0v) is 66.0. The molecule has 11 heteroatoms. The second-order valence-electron chi connectivity index (χ2n) is 30.4. The van der Waals surface area contributed by atoms with Crippen LogP contribution in [0.1, 0.15) is 283 Å². The first-order valence-electron chi connectivity index (χ1n) is 36.6. The van der Waals surface area contributed by atoms with Crippen LogP contribution < -0.4 is 0 Å². The molecule has 7 heterocycles. The van der Waals surface area contributed by atoms with Crippen molar-refractivity contribution < 1.29 is 34.6 Å². The minimum Gasteiger partial charge on any atom is -0.378 e. The molecule has 10 rings (SSSR count). The summed E-state index contributed by atoms with van der Waals surface area (Å²) in [6.45, 7) is 59.7. The molecule has 10 unspecified atom stereocenters. The Kier molecular flexibility index (Phi) is 56.1. The Morgan fingerprint density at radius 3 is 0.920 bits per heavy atom. The van der Waals surface area contributed by atoms with Crippen molar-refractivity contribution in [3.63, 3.8) is 0 Å². The van der Waals surface area contributed by atoms with Gasteiger partial charge in [0, 0.05) is 42.1 Å². The number of rotatable bonds is 3. The van der Waals surface area contributed by atoms with Gasteiger partial charge in [0.1, 0.15) is 0 Å². The molecule has 0 aromatic carbocycles. The first-order chi connectivity index (χ1) is 41.5. The predicted molar refractivity (Wildman–Crippen MR) is 401 cm³/mol. The Morgan fingerprint density at radius 2 is 0.682 bits per heavy atom.